The first-order valence-electron chi connectivity index (χ1n) is 9.26. The van der Waals surface area contributed by atoms with Crippen LogP contribution < -0.4 is 20.7 Å². The highest BCUT2D eigenvalue weighted by atomic mass is 16.5. The molecule has 2 aromatic rings. The van der Waals surface area contributed by atoms with Crippen molar-refractivity contribution in [2.45, 2.75) is 13.3 Å². The lowest BCUT2D eigenvalue weighted by molar-refractivity contribution is -0.114. The molecule has 28 heavy (non-hydrogen) atoms. The highest BCUT2D eigenvalue weighted by Crippen LogP contribution is 2.23. The number of anilines is 2. The Bertz CT molecular complexity index is 780. The molecule has 0 heterocycles. The molecule has 0 saturated heterocycles. The van der Waals surface area contributed by atoms with Crippen molar-refractivity contribution >= 4 is 23.2 Å². The Morgan fingerprint density at radius 3 is 2.68 bits per heavy atom. The van der Waals surface area contributed by atoms with Gasteiger partial charge in [0.1, 0.15) is 5.75 Å². The summed E-state index contributed by atoms with van der Waals surface area (Å²) in [5.74, 6) is 0.266. The molecule has 0 aliphatic rings. The van der Waals surface area contributed by atoms with E-state index in [1.807, 2.05) is 25.1 Å². The van der Waals surface area contributed by atoms with Crippen molar-refractivity contribution in [2.75, 3.05) is 44.0 Å². The fourth-order valence-electron chi connectivity index (χ4n) is 2.52. The Morgan fingerprint density at radius 1 is 1.07 bits per heavy atom. The third-order valence-corrected chi connectivity index (χ3v) is 3.85. The number of methoxy groups -OCH3 is 1. The Hall–Kier alpha value is -3.06. The van der Waals surface area contributed by atoms with Gasteiger partial charge in [0.05, 0.1) is 18.8 Å². The molecule has 0 bridgehead atoms. The molecule has 0 fully saturated rings. The average molecular weight is 385 g/mol. The minimum Gasteiger partial charge on any atom is -0.492 e. The molecule has 0 atom stereocenters. The Balaban J connectivity index is 1.87. The number of hydrogen-bond donors (Lipinski definition) is 3. The lowest BCUT2D eigenvalue weighted by Crippen LogP contribution is -2.25. The van der Waals surface area contributed by atoms with E-state index in [0.717, 1.165) is 6.42 Å². The van der Waals surface area contributed by atoms with Crippen LogP contribution in [-0.4, -0.2) is 45.2 Å². The summed E-state index contributed by atoms with van der Waals surface area (Å²) in [6.07, 6.45) is 0.754. The van der Waals surface area contributed by atoms with Crippen molar-refractivity contribution in [3.8, 4) is 5.75 Å². The lowest BCUT2D eigenvalue weighted by atomic mass is 10.2. The summed E-state index contributed by atoms with van der Waals surface area (Å²) >= 11 is 0. The second kappa shape index (κ2) is 11.6. The highest BCUT2D eigenvalue weighted by Gasteiger charge is 2.09. The topological polar surface area (TPSA) is 88.7 Å². The van der Waals surface area contributed by atoms with Crippen LogP contribution in [0.4, 0.5) is 11.4 Å². The molecule has 0 radical (unpaired) electrons. The summed E-state index contributed by atoms with van der Waals surface area (Å²) in [5.41, 5.74) is 1.85. The quantitative estimate of drug-likeness (QED) is 0.518. The molecule has 150 valence electrons. The predicted octanol–water partition coefficient (Wildman–Crippen LogP) is 2.90. The van der Waals surface area contributed by atoms with Crippen molar-refractivity contribution in [2.24, 2.45) is 0 Å². The molecule has 0 aromatic heterocycles. The Morgan fingerprint density at radius 2 is 1.89 bits per heavy atom. The van der Waals surface area contributed by atoms with E-state index >= 15 is 0 Å². The number of carbonyl (C=O) groups excluding carboxylic acids is 2. The molecule has 7 heteroatoms. The monoisotopic (exact) mass is 385 g/mol. The van der Waals surface area contributed by atoms with Crippen molar-refractivity contribution < 1.29 is 19.1 Å². The fraction of sp³-hybridized carbons (Fsp3) is 0.333. The minimum absolute atomic E-state index is 0.0688. The highest BCUT2D eigenvalue weighted by molar-refractivity contribution is 5.96. The van der Waals surface area contributed by atoms with Crippen LogP contribution >= 0.6 is 0 Å². The zero-order valence-corrected chi connectivity index (χ0v) is 16.3. The van der Waals surface area contributed by atoms with E-state index in [9.17, 15) is 9.59 Å². The first-order valence-corrected chi connectivity index (χ1v) is 9.26. The molecule has 0 unspecified atom stereocenters. The number of rotatable bonds is 11. The predicted molar refractivity (Wildman–Crippen MR) is 110 cm³/mol. The zero-order chi connectivity index (χ0) is 20.2. The van der Waals surface area contributed by atoms with Gasteiger partial charge in [-0.1, -0.05) is 18.2 Å². The summed E-state index contributed by atoms with van der Waals surface area (Å²) in [4.78, 5) is 24.4. The van der Waals surface area contributed by atoms with Gasteiger partial charge in [0, 0.05) is 31.5 Å². The normalized spacial score (nSPS) is 10.2. The number of carbonyl (C=O) groups is 2. The number of ether oxygens (including phenoxy) is 2. The maximum absolute atomic E-state index is 12.2. The molecule has 3 N–H and O–H groups in total. The van der Waals surface area contributed by atoms with Crippen LogP contribution in [0.5, 0.6) is 5.75 Å². The van der Waals surface area contributed by atoms with Crippen molar-refractivity contribution in [1.29, 1.82) is 0 Å². The third-order valence-electron chi connectivity index (χ3n) is 3.85. The second-order valence-corrected chi connectivity index (χ2v) is 6.01. The van der Waals surface area contributed by atoms with E-state index in [-0.39, 0.29) is 18.4 Å². The van der Waals surface area contributed by atoms with Gasteiger partial charge in [-0.05, 0) is 43.7 Å². The van der Waals surface area contributed by atoms with Crippen molar-refractivity contribution in [3.63, 3.8) is 0 Å². The molecular weight excluding hydrogens is 358 g/mol. The molecule has 2 aromatic carbocycles. The van der Waals surface area contributed by atoms with Crippen LogP contribution in [0.1, 0.15) is 23.7 Å². The first-order chi connectivity index (χ1) is 13.6. The SMILES string of the molecule is CCOc1ccccc1NC(=O)CNc1cccc(C(=O)NCCCOC)c1. The Kier molecular flexibility index (Phi) is 8.81. The van der Waals surface area contributed by atoms with Gasteiger partial charge in [-0.15, -0.1) is 0 Å². The molecule has 0 aliphatic heterocycles. The molecular formula is C21H27N3O4. The zero-order valence-electron chi connectivity index (χ0n) is 16.3. The third kappa shape index (κ3) is 6.92. The van der Waals surface area contributed by atoms with Crippen LogP contribution in [0, 0.1) is 0 Å². The maximum Gasteiger partial charge on any atom is 0.251 e. The number of amides is 2. The molecule has 2 amide bonds. The maximum atomic E-state index is 12.2. The van der Waals surface area contributed by atoms with Gasteiger partial charge < -0.3 is 25.4 Å². The fourth-order valence-corrected chi connectivity index (χ4v) is 2.52. The lowest BCUT2D eigenvalue weighted by Gasteiger charge is -2.12. The molecule has 2 rings (SSSR count). The Labute approximate surface area is 165 Å². The number of para-hydroxylation sites is 2. The van der Waals surface area contributed by atoms with Crippen LogP contribution in [0.2, 0.25) is 0 Å². The van der Waals surface area contributed by atoms with E-state index in [1.165, 1.54) is 0 Å². The number of benzene rings is 2. The van der Waals surface area contributed by atoms with Gasteiger partial charge in [0.15, 0.2) is 0 Å². The van der Waals surface area contributed by atoms with Gasteiger partial charge in [-0.25, -0.2) is 0 Å². The largest absolute Gasteiger partial charge is 0.492 e. The average Bonchev–Trinajstić information content (AvgIpc) is 2.71. The van der Waals surface area contributed by atoms with Crippen LogP contribution in [0.25, 0.3) is 0 Å². The van der Waals surface area contributed by atoms with Gasteiger partial charge in [0.2, 0.25) is 5.91 Å². The van der Waals surface area contributed by atoms with Gasteiger partial charge >= 0.3 is 0 Å². The van der Waals surface area contributed by atoms with E-state index in [1.54, 1.807) is 37.4 Å². The minimum atomic E-state index is -0.207. The van der Waals surface area contributed by atoms with E-state index in [4.69, 9.17) is 9.47 Å². The summed E-state index contributed by atoms with van der Waals surface area (Å²) in [7, 11) is 1.63. The van der Waals surface area contributed by atoms with Crippen molar-refractivity contribution in [3.05, 3.63) is 54.1 Å². The first kappa shape index (κ1) is 21.2. The summed E-state index contributed by atoms with van der Waals surface area (Å²) in [6, 6.07) is 14.3. The summed E-state index contributed by atoms with van der Waals surface area (Å²) in [6.45, 7) is 3.63. The van der Waals surface area contributed by atoms with Gasteiger partial charge in [-0.2, -0.15) is 0 Å². The number of nitrogens with one attached hydrogen (secondary N) is 3. The molecule has 0 spiro atoms. The summed E-state index contributed by atoms with van der Waals surface area (Å²) < 4.78 is 10.5. The summed E-state index contributed by atoms with van der Waals surface area (Å²) in [5, 5.41) is 8.70. The van der Waals surface area contributed by atoms with Crippen LogP contribution in [-0.2, 0) is 9.53 Å². The van der Waals surface area contributed by atoms with Gasteiger partial charge in [0.25, 0.3) is 5.91 Å². The van der Waals surface area contributed by atoms with E-state index < -0.39 is 0 Å². The van der Waals surface area contributed by atoms with Crippen LogP contribution in [0.3, 0.4) is 0 Å². The smallest absolute Gasteiger partial charge is 0.251 e. The van der Waals surface area contributed by atoms with Crippen molar-refractivity contribution in [1.82, 2.24) is 5.32 Å². The molecule has 7 nitrogen and oxygen atoms in total. The molecule has 0 aliphatic carbocycles. The second-order valence-electron chi connectivity index (χ2n) is 6.01. The molecule has 0 saturated carbocycles. The number of hydrogen-bond acceptors (Lipinski definition) is 5. The van der Waals surface area contributed by atoms with Crippen LogP contribution in [0.15, 0.2) is 48.5 Å². The van der Waals surface area contributed by atoms with E-state index in [2.05, 4.69) is 16.0 Å². The standard InChI is InChI=1S/C21H27N3O4/c1-3-28-19-11-5-4-10-18(19)24-20(25)15-23-17-9-6-8-16(14-17)21(26)22-12-7-13-27-2/h4-6,8-11,14,23H,3,7,12-13,15H2,1-2H3,(H,22,26)(H,24,25). The van der Waals surface area contributed by atoms with E-state index in [0.29, 0.717) is 42.4 Å². The van der Waals surface area contributed by atoms with Gasteiger partial charge in [-0.3, -0.25) is 9.59 Å².